The number of ether oxygens (including phenoxy) is 1. The molecule has 0 radical (unpaired) electrons. The molecule has 1 heterocycles. The van der Waals surface area contributed by atoms with Crippen molar-refractivity contribution in [1.29, 1.82) is 0 Å². The molecule has 1 aromatic rings. The molecule has 5 nitrogen and oxygen atoms in total. The molecule has 1 amide bonds. The van der Waals surface area contributed by atoms with Gasteiger partial charge in [0.15, 0.2) is 0 Å². The van der Waals surface area contributed by atoms with E-state index in [4.69, 9.17) is 9.15 Å². The first-order chi connectivity index (χ1) is 8.24. The van der Waals surface area contributed by atoms with Crippen LogP contribution in [0.3, 0.4) is 0 Å². The molecule has 0 saturated carbocycles. The summed E-state index contributed by atoms with van der Waals surface area (Å²) in [6.45, 7) is 6.35. The minimum atomic E-state index is -0.441. The lowest BCUT2D eigenvalue weighted by Crippen LogP contribution is -2.35. The minimum absolute atomic E-state index is 0.127. The molecule has 1 aromatic heterocycles. The summed E-state index contributed by atoms with van der Waals surface area (Å²) in [5.74, 6) is 0.607. The van der Waals surface area contributed by atoms with Crippen molar-refractivity contribution >= 4 is 5.91 Å². The highest BCUT2D eigenvalue weighted by atomic mass is 16.5. The van der Waals surface area contributed by atoms with E-state index in [1.807, 2.05) is 13.0 Å². The van der Waals surface area contributed by atoms with Crippen LogP contribution >= 0.6 is 0 Å². The summed E-state index contributed by atoms with van der Waals surface area (Å²) in [4.78, 5) is 11.6. The van der Waals surface area contributed by atoms with Crippen LogP contribution < -0.4 is 10.6 Å². The van der Waals surface area contributed by atoms with E-state index in [9.17, 15) is 4.79 Å². The normalized spacial score (nSPS) is 12.4. The number of hydrogen-bond acceptors (Lipinski definition) is 4. The molecular formula is C12H20N2O3. The average molecular weight is 240 g/mol. The molecule has 1 unspecified atom stereocenters. The van der Waals surface area contributed by atoms with Crippen LogP contribution in [0.5, 0.6) is 0 Å². The summed E-state index contributed by atoms with van der Waals surface area (Å²) in [6.07, 6.45) is 1.14. The highest BCUT2D eigenvalue weighted by molar-refractivity contribution is 5.80. The second-order valence-electron chi connectivity index (χ2n) is 3.66. The van der Waals surface area contributed by atoms with Crippen LogP contribution in [0.4, 0.5) is 0 Å². The Morgan fingerprint density at radius 3 is 3.06 bits per heavy atom. The zero-order valence-electron chi connectivity index (χ0n) is 10.4. The third-order valence-electron chi connectivity index (χ3n) is 2.28. The number of furan rings is 1. The SMILES string of the molecule is CCNCCOC(C)C(=O)NCc1ccco1. The van der Waals surface area contributed by atoms with Crippen LogP contribution in [0, 0.1) is 0 Å². The Morgan fingerprint density at radius 1 is 1.59 bits per heavy atom. The molecule has 1 rings (SSSR count). The van der Waals surface area contributed by atoms with Crippen LogP contribution in [-0.2, 0) is 16.1 Å². The van der Waals surface area contributed by atoms with Crippen molar-refractivity contribution in [3.8, 4) is 0 Å². The molecule has 0 aliphatic carbocycles. The number of likely N-dealkylation sites (N-methyl/N-ethyl adjacent to an activating group) is 1. The monoisotopic (exact) mass is 240 g/mol. The maximum absolute atomic E-state index is 11.6. The Bertz CT molecular complexity index is 312. The summed E-state index contributed by atoms with van der Waals surface area (Å²) in [6, 6.07) is 3.61. The fraction of sp³-hybridized carbons (Fsp3) is 0.583. The van der Waals surface area contributed by atoms with Gasteiger partial charge in [0.2, 0.25) is 5.91 Å². The number of hydrogen-bond donors (Lipinski definition) is 2. The lowest BCUT2D eigenvalue weighted by atomic mass is 10.3. The summed E-state index contributed by atoms with van der Waals surface area (Å²) in [5, 5.41) is 5.87. The van der Waals surface area contributed by atoms with Gasteiger partial charge in [-0.3, -0.25) is 4.79 Å². The van der Waals surface area contributed by atoms with E-state index in [0.29, 0.717) is 13.2 Å². The van der Waals surface area contributed by atoms with Gasteiger partial charge in [0, 0.05) is 6.54 Å². The zero-order valence-corrected chi connectivity index (χ0v) is 10.4. The van der Waals surface area contributed by atoms with Crippen molar-refractivity contribution in [3.05, 3.63) is 24.2 Å². The minimum Gasteiger partial charge on any atom is -0.467 e. The van der Waals surface area contributed by atoms with E-state index in [0.717, 1.165) is 18.8 Å². The van der Waals surface area contributed by atoms with Gasteiger partial charge in [-0.15, -0.1) is 0 Å². The highest BCUT2D eigenvalue weighted by Crippen LogP contribution is 1.99. The fourth-order valence-corrected chi connectivity index (χ4v) is 1.29. The van der Waals surface area contributed by atoms with Crippen LogP contribution in [0.1, 0.15) is 19.6 Å². The number of carbonyl (C=O) groups excluding carboxylic acids is 1. The molecule has 0 aromatic carbocycles. The van der Waals surface area contributed by atoms with Crippen molar-refractivity contribution in [2.45, 2.75) is 26.5 Å². The summed E-state index contributed by atoms with van der Waals surface area (Å²) in [7, 11) is 0. The van der Waals surface area contributed by atoms with Crippen LogP contribution in [0.25, 0.3) is 0 Å². The Hall–Kier alpha value is -1.33. The molecule has 0 fully saturated rings. The van der Waals surface area contributed by atoms with Crippen molar-refractivity contribution in [3.63, 3.8) is 0 Å². The van der Waals surface area contributed by atoms with E-state index < -0.39 is 6.10 Å². The predicted octanol–water partition coefficient (Wildman–Crippen LogP) is 0.910. The molecule has 96 valence electrons. The molecule has 0 aliphatic heterocycles. The average Bonchev–Trinajstić information content (AvgIpc) is 2.84. The maximum atomic E-state index is 11.6. The van der Waals surface area contributed by atoms with E-state index in [1.54, 1.807) is 19.3 Å². The molecule has 0 spiro atoms. The van der Waals surface area contributed by atoms with Gasteiger partial charge in [0.05, 0.1) is 19.4 Å². The van der Waals surface area contributed by atoms with Crippen LogP contribution in [0.15, 0.2) is 22.8 Å². The molecule has 0 saturated heterocycles. The molecular weight excluding hydrogens is 220 g/mol. The summed E-state index contributed by atoms with van der Waals surface area (Å²) >= 11 is 0. The van der Waals surface area contributed by atoms with Gasteiger partial charge in [-0.05, 0) is 25.6 Å². The Kier molecular flexibility index (Phi) is 6.35. The fourth-order valence-electron chi connectivity index (χ4n) is 1.29. The van der Waals surface area contributed by atoms with Gasteiger partial charge in [-0.2, -0.15) is 0 Å². The van der Waals surface area contributed by atoms with Crippen molar-refractivity contribution in [2.24, 2.45) is 0 Å². The van der Waals surface area contributed by atoms with E-state index in [-0.39, 0.29) is 5.91 Å². The van der Waals surface area contributed by atoms with Gasteiger partial charge in [0.1, 0.15) is 11.9 Å². The molecule has 0 bridgehead atoms. The highest BCUT2D eigenvalue weighted by Gasteiger charge is 2.12. The zero-order chi connectivity index (χ0) is 12.5. The lowest BCUT2D eigenvalue weighted by Gasteiger charge is -2.12. The van der Waals surface area contributed by atoms with E-state index in [2.05, 4.69) is 10.6 Å². The van der Waals surface area contributed by atoms with Crippen molar-refractivity contribution in [2.75, 3.05) is 19.7 Å². The second kappa shape index (κ2) is 7.86. The smallest absolute Gasteiger partial charge is 0.249 e. The first-order valence-corrected chi connectivity index (χ1v) is 5.86. The van der Waals surface area contributed by atoms with Gasteiger partial charge in [-0.25, -0.2) is 0 Å². The van der Waals surface area contributed by atoms with E-state index >= 15 is 0 Å². The van der Waals surface area contributed by atoms with Gasteiger partial charge < -0.3 is 19.8 Å². The number of carbonyl (C=O) groups is 1. The number of amides is 1. The first-order valence-electron chi connectivity index (χ1n) is 5.86. The summed E-state index contributed by atoms with van der Waals surface area (Å²) in [5.41, 5.74) is 0. The molecule has 0 aliphatic rings. The second-order valence-corrected chi connectivity index (χ2v) is 3.66. The van der Waals surface area contributed by atoms with E-state index in [1.165, 1.54) is 0 Å². The molecule has 1 atom stereocenters. The molecule has 2 N–H and O–H groups in total. The quantitative estimate of drug-likeness (QED) is 0.663. The first kappa shape index (κ1) is 13.7. The standard InChI is InChI=1S/C12H20N2O3/c1-3-13-6-8-16-10(2)12(15)14-9-11-5-4-7-17-11/h4-5,7,10,13H,3,6,8-9H2,1-2H3,(H,14,15). The maximum Gasteiger partial charge on any atom is 0.249 e. The molecule has 17 heavy (non-hydrogen) atoms. The summed E-state index contributed by atoms with van der Waals surface area (Å²) < 4.78 is 10.5. The largest absolute Gasteiger partial charge is 0.467 e. The van der Waals surface area contributed by atoms with Crippen LogP contribution in [0.2, 0.25) is 0 Å². The van der Waals surface area contributed by atoms with Crippen molar-refractivity contribution in [1.82, 2.24) is 10.6 Å². The topological polar surface area (TPSA) is 63.5 Å². The third kappa shape index (κ3) is 5.51. The number of rotatable bonds is 8. The van der Waals surface area contributed by atoms with Gasteiger partial charge in [0.25, 0.3) is 0 Å². The molecule has 5 heteroatoms. The van der Waals surface area contributed by atoms with Crippen LogP contribution in [-0.4, -0.2) is 31.7 Å². The lowest BCUT2D eigenvalue weighted by molar-refractivity contribution is -0.131. The number of nitrogens with one attached hydrogen (secondary N) is 2. The van der Waals surface area contributed by atoms with Gasteiger partial charge >= 0.3 is 0 Å². The van der Waals surface area contributed by atoms with Gasteiger partial charge in [-0.1, -0.05) is 6.92 Å². The Labute approximate surface area is 102 Å². The Balaban J connectivity index is 2.13. The Morgan fingerprint density at radius 2 is 2.41 bits per heavy atom. The third-order valence-corrected chi connectivity index (χ3v) is 2.28. The van der Waals surface area contributed by atoms with Crippen molar-refractivity contribution < 1.29 is 13.9 Å². The predicted molar refractivity (Wildman–Crippen MR) is 64.5 cm³/mol.